The average molecular weight is 322 g/mol. The van der Waals surface area contributed by atoms with E-state index >= 15 is 0 Å². The van der Waals surface area contributed by atoms with Gasteiger partial charge in [0.2, 0.25) is 0 Å². The molecule has 0 unspecified atom stereocenters. The quantitative estimate of drug-likeness (QED) is 0.404. The summed E-state index contributed by atoms with van der Waals surface area (Å²) in [7, 11) is 0. The molecule has 1 aliphatic heterocycles. The van der Waals surface area contributed by atoms with Crippen LogP contribution in [0.3, 0.4) is 0 Å². The van der Waals surface area contributed by atoms with Gasteiger partial charge in [0.1, 0.15) is 0 Å². The number of ketones is 1. The fourth-order valence-corrected chi connectivity index (χ4v) is 3.05. The topological polar surface area (TPSA) is 72.2 Å². The number of allylic oxidation sites excluding steroid dienone is 1. The zero-order chi connectivity index (χ0) is 17.3. The maximum Gasteiger partial charge on any atom is 0.280 e. The van der Waals surface area contributed by atoms with E-state index < -0.39 is 4.92 Å². The van der Waals surface area contributed by atoms with Crippen molar-refractivity contribution in [3.8, 4) is 0 Å². The van der Waals surface area contributed by atoms with Gasteiger partial charge in [0.15, 0.2) is 5.78 Å². The van der Waals surface area contributed by atoms with Gasteiger partial charge in [-0.1, -0.05) is 36.4 Å². The van der Waals surface area contributed by atoms with Crippen LogP contribution in [0, 0.1) is 10.1 Å². The van der Waals surface area contributed by atoms with Gasteiger partial charge in [0, 0.05) is 28.9 Å². The second-order valence-electron chi connectivity index (χ2n) is 6.54. The van der Waals surface area contributed by atoms with E-state index in [0.717, 1.165) is 17.5 Å². The number of rotatable bonds is 3. The summed E-state index contributed by atoms with van der Waals surface area (Å²) < 4.78 is 0. The standard InChI is InChI=1S/C19H18N2O3/c1-19(2)12-13-7-3-4-8-14(13)16(20-19)11-18(22)15-9-5-6-10-17(15)21(23)24/h3-11,20H,12H2,1-2H3. The molecule has 0 saturated carbocycles. The fourth-order valence-electron chi connectivity index (χ4n) is 3.05. The summed E-state index contributed by atoms with van der Waals surface area (Å²) in [4.78, 5) is 23.2. The average Bonchev–Trinajstić information content (AvgIpc) is 2.53. The van der Waals surface area contributed by atoms with Gasteiger partial charge in [-0.3, -0.25) is 14.9 Å². The molecule has 0 saturated heterocycles. The van der Waals surface area contributed by atoms with Crippen LogP contribution in [-0.2, 0) is 6.42 Å². The molecule has 122 valence electrons. The molecule has 0 spiro atoms. The third-order valence-electron chi connectivity index (χ3n) is 4.05. The summed E-state index contributed by atoms with van der Waals surface area (Å²) in [6.07, 6.45) is 2.31. The predicted molar refractivity (Wildman–Crippen MR) is 92.8 cm³/mol. The lowest BCUT2D eigenvalue weighted by Gasteiger charge is -2.35. The Balaban J connectivity index is 2.06. The molecule has 3 rings (SSSR count). The lowest BCUT2D eigenvalue weighted by Crippen LogP contribution is -2.43. The van der Waals surface area contributed by atoms with Crippen LogP contribution < -0.4 is 5.32 Å². The molecule has 2 aromatic rings. The minimum Gasteiger partial charge on any atom is -0.379 e. The molecule has 0 bridgehead atoms. The minimum absolute atomic E-state index is 0.0951. The third kappa shape index (κ3) is 3.06. The lowest BCUT2D eigenvalue weighted by molar-refractivity contribution is -0.385. The Morgan fingerprint density at radius 1 is 1.17 bits per heavy atom. The highest BCUT2D eigenvalue weighted by atomic mass is 16.6. The van der Waals surface area contributed by atoms with Crippen molar-refractivity contribution in [2.45, 2.75) is 25.8 Å². The lowest BCUT2D eigenvalue weighted by atomic mass is 9.85. The Hall–Kier alpha value is -2.95. The highest BCUT2D eigenvalue weighted by molar-refractivity contribution is 6.11. The van der Waals surface area contributed by atoms with Crippen molar-refractivity contribution in [3.63, 3.8) is 0 Å². The molecule has 0 aromatic heterocycles. The molecule has 24 heavy (non-hydrogen) atoms. The third-order valence-corrected chi connectivity index (χ3v) is 4.05. The van der Waals surface area contributed by atoms with E-state index in [4.69, 9.17) is 0 Å². The molecule has 0 fully saturated rings. The van der Waals surface area contributed by atoms with Crippen LogP contribution in [0.15, 0.2) is 54.6 Å². The van der Waals surface area contributed by atoms with E-state index in [0.29, 0.717) is 5.70 Å². The normalized spacial score (nSPS) is 17.0. The first-order chi connectivity index (χ1) is 11.4. The number of hydrogen-bond acceptors (Lipinski definition) is 4. The number of benzene rings is 2. The van der Waals surface area contributed by atoms with Gasteiger partial charge in [0.05, 0.1) is 10.5 Å². The zero-order valence-corrected chi connectivity index (χ0v) is 13.6. The van der Waals surface area contributed by atoms with Gasteiger partial charge < -0.3 is 5.32 Å². The van der Waals surface area contributed by atoms with Crippen LogP contribution in [0.5, 0.6) is 0 Å². The van der Waals surface area contributed by atoms with E-state index in [-0.39, 0.29) is 22.6 Å². The molecule has 2 aromatic carbocycles. The summed E-state index contributed by atoms with van der Waals surface area (Å²) in [5.41, 5.74) is 2.54. The maximum atomic E-state index is 12.6. The van der Waals surface area contributed by atoms with Gasteiger partial charge in [-0.15, -0.1) is 0 Å². The van der Waals surface area contributed by atoms with Crippen LogP contribution in [0.1, 0.15) is 35.3 Å². The molecule has 1 N–H and O–H groups in total. The summed E-state index contributed by atoms with van der Waals surface area (Å²) in [5.74, 6) is -0.377. The molecular weight excluding hydrogens is 304 g/mol. The monoisotopic (exact) mass is 322 g/mol. The van der Waals surface area contributed by atoms with Crippen molar-refractivity contribution in [3.05, 3.63) is 81.4 Å². The molecule has 0 radical (unpaired) electrons. The number of carbonyl (C=O) groups is 1. The van der Waals surface area contributed by atoms with Gasteiger partial charge in [-0.2, -0.15) is 0 Å². The first kappa shape index (κ1) is 15.9. The minimum atomic E-state index is -0.530. The van der Waals surface area contributed by atoms with E-state index in [9.17, 15) is 14.9 Å². The number of nitro groups is 1. The molecule has 5 heteroatoms. The number of hydrogen-bond donors (Lipinski definition) is 1. The first-order valence-electron chi connectivity index (χ1n) is 7.73. The largest absolute Gasteiger partial charge is 0.379 e. The Morgan fingerprint density at radius 2 is 1.83 bits per heavy atom. The highest BCUT2D eigenvalue weighted by Gasteiger charge is 2.28. The molecule has 5 nitrogen and oxygen atoms in total. The number of carbonyl (C=O) groups excluding carboxylic acids is 1. The van der Waals surface area contributed by atoms with Crippen molar-refractivity contribution in [2.24, 2.45) is 0 Å². The van der Waals surface area contributed by atoms with E-state index in [1.807, 2.05) is 24.3 Å². The van der Waals surface area contributed by atoms with Gasteiger partial charge >= 0.3 is 0 Å². The number of nitrogens with zero attached hydrogens (tertiary/aromatic N) is 1. The summed E-state index contributed by atoms with van der Waals surface area (Å²) in [5, 5.41) is 14.5. The van der Waals surface area contributed by atoms with Crippen LogP contribution in [0.25, 0.3) is 5.70 Å². The summed E-state index contributed by atoms with van der Waals surface area (Å²) in [6.45, 7) is 4.12. The summed E-state index contributed by atoms with van der Waals surface area (Å²) in [6, 6.07) is 13.9. The number of para-hydroxylation sites is 1. The molecule has 0 atom stereocenters. The molecule has 1 aliphatic rings. The number of fused-ring (bicyclic) bond motifs is 1. The van der Waals surface area contributed by atoms with Crippen molar-refractivity contribution >= 4 is 17.2 Å². The Labute approximate surface area is 140 Å². The Kier molecular flexibility index (Phi) is 3.93. The van der Waals surface area contributed by atoms with E-state index in [2.05, 4.69) is 19.2 Å². The molecular formula is C19H18N2O3. The Morgan fingerprint density at radius 3 is 2.58 bits per heavy atom. The highest BCUT2D eigenvalue weighted by Crippen LogP contribution is 2.30. The maximum absolute atomic E-state index is 12.6. The molecule has 0 aliphatic carbocycles. The molecule has 1 heterocycles. The number of nitrogens with one attached hydrogen (secondary N) is 1. The SMILES string of the molecule is CC1(C)Cc2ccccc2C(=CC(=O)c2ccccc2[N+](=O)[O-])N1. The van der Waals surface area contributed by atoms with Crippen molar-refractivity contribution in [2.75, 3.05) is 0 Å². The zero-order valence-electron chi connectivity index (χ0n) is 13.6. The van der Waals surface area contributed by atoms with E-state index in [1.165, 1.54) is 18.2 Å². The summed E-state index contributed by atoms with van der Waals surface area (Å²) >= 11 is 0. The van der Waals surface area contributed by atoms with Gasteiger partial charge in [-0.25, -0.2) is 0 Å². The fraction of sp³-hybridized carbons (Fsp3) is 0.211. The van der Waals surface area contributed by atoms with Crippen LogP contribution in [0.4, 0.5) is 5.69 Å². The molecule has 0 amide bonds. The Bertz CT molecular complexity index is 853. The second-order valence-corrected chi connectivity index (χ2v) is 6.54. The van der Waals surface area contributed by atoms with Crippen LogP contribution >= 0.6 is 0 Å². The smallest absolute Gasteiger partial charge is 0.280 e. The van der Waals surface area contributed by atoms with E-state index in [1.54, 1.807) is 12.1 Å². The van der Waals surface area contributed by atoms with Crippen LogP contribution in [-0.4, -0.2) is 16.2 Å². The first-order valence-corrected chi connectivity index (χ1v) is 7.73. The van der Waals surface area contributed by atoms with Crippen molar-refractivity contribution < 1.29 is 9.72 Å². The second kappa shape index (κ2) is 5.92. The van der Waals surface area contributed by atoms with Gasteiger partial charge in [0.25, 0.3) is 5.69 Å². The number of nitro benzene ring substituents is 1. The van der Waals surface area contributed by atoms with Crippen molar-refractivity contribution in [1.82, 2.24) is 5.32 Å². The predicted octanol–water partition coefficient (Wildman–Crippen LogP) is 3.74. The van der Waals surface area contributed by atoms with Crippen molar-refractivity contribution in [1.29, 1.82) is 0 Å². The van der Waals surface area contributed by atoms with Crippen LogP contribution in [0.2, 0.25) is 0 Å². The van der Waals surface area contributed by atoms with Gasteiger partial charge in [-0.05, 0) is 31.9 Å².